The molecule has 0 aromatic heterocycles. The number of rotatable bonds is 3. The van der Waals surface area contributed by atoms with Gasteiger partial charge in [-0.15, -0.1) is 0 Å². The highest BCUT2D eigenvalue weighted by molar-refractivity contribution is 5.79. The summed E-state index contributed by atoms with van der Waals surface area (Å²) in [7, 11) is 2.10. The fraction of sp³-hybridized carbons (Fsp3) is 0.316. The molecule has 1 aliphatic rings. The Hall–Kier alpha value is -2.29. The first-order valence-electron chi connectivity index (χ1n) is 7.78. The lowest BCUT2D eigenvalue weighted by atomic mass is 9.96. The summed E-state index contributed by atoms with van der Waals surface area (Å²) < 4.78 is 0. The van der Waals surface area contributed by atoms with E-state index in [9.17, 15) is 4.79 Å². The maximum absolute atomic E-state index is 12.3. The van der Waals surface area contributed by atoms with Crippen LogP contribution in [0.15, 0.2) is 48.5 Å². The van der Waals surface area contributed by atoms with E-state index in [0.717, 1.165) is 18.5 Å². The Kier molecular flexibility index (Phi) is 4.14. The number of carbonyl (C=O) groups is 1. The number of nitrogens with zero attached hydrogens (tertiary/aromatic N) is 1. The van der Waals surface area contributed by atoms with Crippen LogP contribution in [0.3, 0.4) is 0 Å². The molecule has 114 valence electrons. The Morgan fingerprint density at radius 1 is 1.18 bits per heavy atom. The molecule has 0 aliphatic carbocycles. The van der Waals surface area contributed by atoms with Crippen molar-refractivity contribution >= 4 is 11.6 Å². The van der Waals surface area contributed by atoms with E-state index in [-0.39, 0.29) is 11.9 Å². The zero-order chi connectivity index (χ0) is 15.5. The zero-order valence-electron chi connectivity index (χ0n) is 13.2. The minimum Gasteiger partial charge on any atom is -0.374 e. The summed E-state index contributed by atoms with van der Waals surface area (Å²) >= 11 is 0. The average Bonchev–Trinajstić information content (AvgIpc) is 2.53. The van der Waals surface area contributed by atoms with Gasteiger partial charge in [0.2, 0.25) is 5.91 Å². The molecule has 2 aromatic rings. The van der Waals surface area contributed by atoms with E-state index in [2.05, 4.69) is 36.3 Å². The lowest BCUT2D eigenvalue weighted by molar-refractivity contribution is -0.121. The van der Waals surface area contributed by atoms with Crippen LogP contribution in [0.2, 0.25) is 0 Å². The monoisotopic (exact) mass is 294 g/mol. The molecule has 1 heterocycles. The molecule has 22 heavy (non-hydrogen) atoms. The number of hydrogen-bond acceptors (Lipinski definition) is 2. The van der Waals surface area contributed by atoms with Crippen molar-refractivity contribution in [1.29, 1.82) is 0 Å². The van der Waals surface area contributed by atoms with Crippen LogP contribution in [0.5, 0.6) is 0 Å². The van der Waals surface area contributed by atoms with Crippen molar-refractivity contribution in [2.45, 2.75) is 25.8 Å². The number of carbonyl (C=O) groups excluding carboxylic acids is 1. The van der Waals surface area contributed by atoms with Gasteiger partial charge in [0.1, 0.15) is 0 Å². The van der Waals surface area contributed by atoms with Crippen LogP contribution >= 0.6 is 0 Å². The molecule has 0 fully saturated rings. The smallest absolute Gasteiger partial charge is 0.224 e. The van der Waals surface area contributed by atoms with Gasteiger partial charge in [-0.05, 0) is 30.5 Å². The number of hydrogen-bond donors (Lipinski definition) is 1. The van der Waals surface area contributed by atoms with Crippen molar-refractivity contribution in [1.82, 2.24) is 5.32 Å². The van der Waals surface area contributed by atoms with Gasteiger partial charge in [-0.2, -0.15) is 0 Å². The lowest BCUT2D eigenvalue weighted by Crippen LogP contribution is -2.37. The molecule has 1 unspecified atom stereocenters. The molecular formula is C19H22N2O. The highest BCUT2D eigenvalue weighted by Crippen LogP contribution is 2.32. The molecule has 0 spiro atoms. The van der Waals surface area contributed by atoms with Crippen LogP contribution in [-0.2, 0) is 11.2 Å². The number of benzene rings is 2. The third-order valence-electron chi connectivity index (χ3n) is 4.30. The maximum atomic E-state index is 12.3. The zero-order valence-corrected chi connectivity index (χ0v) is 13.2. The van der Waals surface area contributed by atoms with Crippen LogP contribution in [0, 0.1) is 6.92 Å². The van der Waals surface area contributed by atoms with E-state index in [0.29, 0.717) is 6.42 Å². The number of aryl methyl sites for hydroxylation is 1. The topological polar surface area (TPSA) is 32.3 Å². The summed E-state index contributed by atoms with van der Waals surface area (Å²) in [5, 5.41) is 3.19. The van der Waals surface area contributed by atoms with Crippen molar-refractivity contribution in [3.63, 3.8) is 0 Å². The molecule has 3 nitrogen and oxygen atoms in total. The van der Waals surface area contributed by atoms with E-state index in [1.54, 1.807) is 0 Å². The second kappa shape index (κ2) is 6.22. The number of amides is 1. The molecule has 0 bridgehead atoms. The second-order valence-corrected chi connectivity index (χ2v) is 6.05. The van der Waals surface area contributed by atoms with Crippen molar-refractivity contribution in [3.8, 4) is 0 Å². The summed E-state index contributed by atoms with van der Waals surface area (Å²) in [5.41, 5.74) is 4.71. The van der Waals surface area contributed by atoms with Crippen LogP contribution in [-0.4, -0.2) is 19.5 Å². The van der Waals surface area contributed by atoms with Gasteiger partial charge in [0.25, 0.3) is 0 Å². The molecule has 2 aromatic carbocycles. The molecule has 0 saturated carbocycles. The number of anilines is 1. The van der Waals surface area contributed by atoms with Gasteiger partial charge >= 0.3 is 0 Å². The molecule has 0 radical (unpaired) electrons. The van der Waals surface area contributed by atoms with E-state index in [1.807, 2.05) is 36.4 Å². The van der Waals surface area contributed by atoms with Crippen LogP contribution in [0.25, 0.3) is 0 Å². The van der Waals surface area contributed by atoms with Gasteiger partial charge < -0.3 is 10.2 Å². The Morgan fingerprint density at radius 3 is 2.68 bits per heavy atom. The second-order valence-electron chi connectivity index (χ2n) is 6.05. The number of para-hydroxylation sites is 1. The summed E-state index contributed by atoms with van der Waals surface area (Å²) in [5.74, 6) is 0.0909. The molecular weight excluding hydrogens is 272 g/mol. The Bertz CT molecular complexity index is 663. The minimum atomic E-state index is 0.0909. The molecule has 3 heteroatoms. The first-order chi connectivity index (χ1) is 10.6. The van der Waals surface area contributed by atoms with Crippen molar-refractivity contribution < 1.29 is 4.79 Å². The largest absolute Gasteiger partial charge is 0.374 e. The van der Waals surface area contributed by atoms with Crippen LogP contribution in [0.4, 0.5) is 5.69 Å². The van der Waals surface area contributed by atoms with Gasteiger partial charge in [0, 0.05) is 19.3 Å². The molecule has 1 amide bonds. The highest BCUT2D eigenvalue weighted by Gasteiger charge is 2.23. The predicted molar refractivity (Wildman–Crippen MR) is 90.1 cm³/mol. The van der Waals surface area contributed by atoms with Crippen LogP contribution in [0.1, 0.15) is 29.2 Å². The molecule has 3 rings (SSSR count). The van der Waals surface area contributed by atoms with Crippen molar-refractivity contribution in [3.05, 3.63) is 65.2 Å². The molecule has 1 N–H and O–H groups in total. The Labute approximate surface area is 132 Å². The van der Waals surface area contributed by atoms with E-state index in [4.69, 9.17) is 0 Å². The standard InChI is InChI=1S/C19H22N2O/c1-14-7-9-15(10-8-14)13-19(22)20-17-11-12-21(2)18-6-4-3-5-16(17)18/h3-10,17H,11-13H2,1-2H3,(H,20,22). The van der Waals surface area contributed by atoms with Crippen LogP contribution < -0.4 is 10.2 Å². The summed E-state index contributed by atoms with van der Waals surface area (Å²) in [6.07, 6.45) is 1.39. The van der Waals surface area contributed by atoms with Gasteiger partial charge in [0.15, 0.2) is 0 Å². The van der Waals surface area contributed by atoms with Gasteiger partial charge in [-0.3, -0.25) is 4.79 Å². The Morgan fingerprint density at radius 2 is 1.91 bits per heavy atom. The number of fused-ring (bicyclic) bond motifs is 1. The molecule has 1 aliphatic heterocycles. The predicted octanol–water partition coefficient (Wildman–Crippen LogP) is 3.23. The van der Waals surface area contributed by atoms with E-state index >= 15 is 0 Å². The van der Waals surface area contributed by atoms with E-state index < -0.39 is 0 Å². The minimum absolute atomic E-state index is 0.0909. The lowest BCUT2D eigenvalue weighted by Gasteiger charge is -2.33. The fourth-order valence-electron chi connectivity index (χ4n) is 3.02. The van der Waals surface area contributed by atoms with Crippen molar-refractivity contribution in [2.75, 3.05) is 18.5 Å². The number of nitrogens with one attached hydrogen (secondary N) is 1. The third-order valence-corrected chi connectivity index (χ3v) is 4.30. The summed E-state index contributed by atoms with van der Waals surface area (Å²) in [4.78, 5) is 14.6. The van der Waals surface area contributed by atoms with E-state index in [1.165, 1.54) is 16.8 Å². The summed E-state index contributed by atoms with van der Waals surface area (Å²) in [6, 6.07) is 16.6. The average molecular weight is 294 g/mol. The molecule has 0 saturated heterocycles. The first kappa shape index (κ1) is 14.6. The maximum Gasteiger partial charge on any atom is 0.224 e. The normalized spacial score (nSPS) is 17.0. The van der Waals surface area contributed by atoms with Crippen molar-refractivity contribution in [2.24, 2.45) is 0 Å². The summed E-state index contributed by atoms with van der Waals surface area (Å²) in [6.45, 7) is 3.02. The first-order valence-corrected chi connectivity index (χ1v) is 7.78. The van der Waals surface area contributed by atoms with Gasteiger partial charge in [-0.25, -0.2) is 0 Å². The molecule has 1 atom stereocenters. The van der Waals surface area contributed by atoms with Gasteiger partial charge in [0.05, 0.1) is 12.5 Å². The third kappa shape index (κ3) is 3.14. The van der Waals surface area contributed by atoms with Gasteiger partial charge in [-0.1, -0.05) is 48.0 Å². The Balaban J connectivity index is 1.69. The SMILES string of the molecule is Cc1ccc(CC(=O)NC2CCN(C)c3ccccc32)cc1. The highest BCUT2D eigenvalue weighted by atomic mass is 16.1. The quantitative estimate of drug-likeness (QED) is 0.942. The fourth-order valence-corrected chi connectivity index (χ4v) is 3.02.